The molecule has 8 N–H and O–H groups in total. The molecule has 20 heteroatoms. The molecule has 0 aliphatic carbocycles. The largest absolute Gasteiger partial charge is 0.480 e. The molecule has 1 unspecified atom stereocenters. The van der Waals surface area contributed by atoms with Gasteiger partial charge in [0.05, 0.1) is 48.8 Å². The number of carboxylic acids is 1. The lowest BCUT2D eigenvalue weighted by Crippen LogP contribution is -2.41. The van der Waals surface area contributed by atoms with Gasteiger partial charge in [-0.3, -0.25) is 29.0 Å². The summed E-state index contributed by atoms with van der Waals surface area (Å²) in [5, 5.41) is 34.4. The van der Waals surface area contributed by atoms with Crippen LogP contribution in [0.25, 0.3) is 33.3 Å². The molecule has 3 aromatic carbocycles. The number of carbonyl (C=O) groups is 3. The van der Waals surface area contributed by atoms with Crippen LogP contribution >= 0.6 is 0 Å². The number of amides is 2. The Kier molecular flexibility index (Phi) is 19.8. The Morgan fingerprint density at radius 3 is 2.32 bits per heavy atom. The number of fused-ring (bicyclic) bond motifs is 2. The highest BCUT2D eigenvalue weighted by molar-refractivity contribution is 5.97. The zero-order chi connectivity index (χ0) is 54.8. The van der Waals surface area contributed by atoms with Crippen molar-refractivity contribution in [3.63, 3.8) is 0 Å². The molecule has 0 bridgehead atoms. The molecule has 2 amide bonds. The summed E-state index contributed by atoms with van der Waals surface area (Å²) in [5.74, 6) is -1.50. The number of ether oxygens (including phenoxy) is 1. The third-order valence-electron chi connectivity index (χ3n) is 13.7. The van der Waals surface area contributed by atoms with Crippen molar-refractivity contribution in [1.29, 1.82) is 0 Å². The van der Waals surface area contributed by atoms with E-state index in [-0.39, 0.29) is 48.0 Å². The second-order valence-corrected chi connectivity index (χ2v) is 19.7. The van der Waals surface area contributed by atoms with Crippen LogP contribution in [0.1, 0.15) is 127 Å². The molecule has 5 aromatic heterocycles. The van der Waals surface area contributed by atoms with Crippen LogP contribution in [-0.2, 0) is 34.0 Å². The Bertz CT molecular complexity index is 3340. The van der Waals surface area contributed by atoms with E-state index in [1.54, 1.807) is 36.7 Å². The topological polar surface area (TPSA) is 283 Å². The summed E-state index contributed by atoms with van der Waals surface area (Å²) < 4.78 is 10.0. The number of unbranched alkanes of at least 4 members (excludes halogenated alkanes) is 9. The van der Waals surface area contributed by atoms with Crippen LogP contribution in [0, 0.1) is 13.8 Å². The van der Waals surface area contributed by atoms with Crippen molar-refractivity contribution >= 4 is 51.6 Å². The van der Waals surface area contributed by atoms with E-state index in [0.717, 1.165) is 72.9 Å². The maximum Gasteiger partial charge on any atom is 0.326 e. The number of benzene rings is 3. The first-order valence-electron chi connectivity index (χ1n) is 26.8. The molecule has 2 atom stereocenters. The van der Waals surface area contributed by atoms with Crippen LogP contribution in [0.3, 0.4) is 0 Å². The number of aromatic amines is 1. The first-order valence-corrected chi connectivity index (χ1v) is 26.8. The van der Waals surface area contributed by atoms with Gasteiger partial charge >= 0.3 is 5.97 Å². The average molecular weight is 1060 g/mol. The van der Waals surface area contributed by atoms with Crippen LogP contribution in [-0.4, -0.2) is 98.0 Å². The van der Waals surface area contributed by atoms with Crippen molar-refractivity contribution in [2.45, 2.75) is 123 Å². The van der Waals surface area contributed by atoms with Gasteiger partial charge in [-0.2, -0.15) is 10.1 Å². The summed E-state index contributed by atoms with van der Waals surface area (Å²) in [6.07, 6.45) is 18.8. The van der Waals surface area contributed by atoms with Crippen molar-refractivity contribution in [2.24, 2.45) is 0 Å². The molecule has 8 aromatic rings. The fourth-order valence-corrected chi connectivity index (χ4v) is 9.25. The number of nitrogens with one attached hydrogen (secondary N) is 4. The van der Waals surface area contributed by atoms with Gasteiger partial charge in [0, 0.05) is 61.5 Å². The zero-order valence-electron chi connectivity index (χ0n) is 44.3. The third-order valence-corrected chi connectivity index (χ3v) is 13.7. The van der Waals surface area contributed by atoms with E-state index in [2.05, 4.69) is 94.7 Å². The Hall–Kier alpha value is -8.36. The van der Waals surface area contributed by atoms with E-state index in [1.165, 1.54) is 48.6 Å². The molecule has 20 nitrogen and oxygen atoms in total. The number of nitrogens with zero attached hydrogens (tertiary/aromatic N) is 8. The number of aliphatic carboxylic acids is 1. The Balaban J connectivity index is 0.645. The summed E-state index contributed by atoms with van der Waals surface area (Å²) in [6, 6.07) is 21.5. The lowest BCUT2D eigenvalue weighted by atomic mass is 10.0. The SMILES string of the molecule is Cc1ccc(C)c(Cn2c(C(O)c3ccncc3)nc3ccc(-c4cnn(CCOCCCCCCCCCCCCNC(=O)CC[C@H](NC(=O)c5ccc(NCc6cnc7nc(N)[nH]c(=O)c7n6)cc5)C(=O)O)c4)cc32)c1. The van der Waals surface area contributed by atoms with Crippen molar-refractivity contribution in [1.82, 2.24) is 54.9 Å². The normalized spacial score (nSPS) is 12.2. The van der Waals surface area contributed by atoms with Gasteiger partial charge in [-0.25, -0.2) is 19.7 Å². The zero-order valence-corrected chi connectivity index (χ0v) is 44.3. The number of imidazole rings is 1. The number of aliphatic hydroxyl groups excluding tert-OH is 1. The van der Waals surface area contributed by atoms with E-state index in [4.69, 9.17) is 15.5 Å². The molecule has 5 heterocycles. The second-order valence-electron chi connectivity index (χ2n) is 19.7. The molecular formula is C58H69N13O7. The first-order chi connectivity index (χ1) is 37.9. The van der Waals surface area contributed by atoms with Gasteiger partial charge in [-0.1, -0.05) is 81.2 Å². The molecule has 0 radical (unpaired) electrons. The molecule has 0 saturated carbocycles. The van der Waals surface area contributed by atoms with Crippen LogP contribution in [0.15, 0.2) is 109 Å². The fraction of sp³-hybridized carbons (Fsp3) is 0.379. The standard InChI is InChI=1S/C58H69N13O7/c1-38-13-14-39(2)43(31-38)37-71-49-32-42(17-20-47(49)66-54(71)52(73)40-23-26-60-27-24-40)44-33-64-70(36-44)28-30-78-29-12-10-8-6-4-3-5-7-9-11-25-61-50(72)22-21-48(57(76)77)67-55(74)41-15-18-45(19-16-41)62-34-46-35-63-53-51(65-46)56(75)69-58(59)68-53/h13-20,23-24,26-27,31-33,35-36,48,52,62,73H,3-12,21-22,25,28-30,34,37H2,1-2H3,(H,61,72)(H,67,74)(H,76,77)(H3,59,63,68,69,75)/t48-,52?/m0/s1. The van der Waals surface area contributed by atoms with Crippen molar-refractivity contribution in [3.05, 3.63) is 153 Å². The number of pyridine rings is 1. The number of nitrogen functional groups attached to an aromatic ring is 1. The van der Waals surface area contributed by atoms with Crippen LogP contribution in [0.2, 0.25) is 0 Å². The number of hydrogen-bond acceptors (Lipinski definition) is 14. The van der Waals surface area contributed by atoms with Gasteiger partial charge in [0.25, 0.3) is 11.5 Å². The third kappa shape index (κ3) is 15.6. The monoisotopic (exact) mass is 1060 g/mol. The Labute approximate surface area is 452 Å². The number of H-pyrrole nitrogens is 1. The predicted molar refractivity (Wildman–Crippen MR) is 299 cm³/mol. The van der Waals surface area contributed by atoms with E-state index in [0.29, 0.717) is 43.4 Å². The second kappa shape index (κ2) is 27.6. The maximum atomic E-state index is 12.9. The minimum absolute atomic E-state index is 0.0288. The number of carbonyl (C=O) groups excluding carboxylic acids is 2. The minimum atomic E-state index is -1.23. The number of hydrogen-bond donors (Lipinski definition) is 7. The predicted octanol–water partition coefficient (Wildman–Crippen LogP) is 7.96. The van der Waals surface area contributed by atoms with Gasteiger partial charge in [0.15, 0.2) is 11.2 Å². The average Bonchev–Trinajstić information content (AvgIpc) is 4.13. The maximum absolute atomic E-state index is 12.9. The lowest BCUT2D eigenvalue weighted by molar-refractivity contribution is -0.139. The number of anilines is 2. The van der Waals surface area contributed by atoms with Crippen LogP contribution in [0.4, 0.5) is 11.6 Å². The summed E-state index contributed by atoms with van der Waals surface area (Å²) in [7, 11) is 0. The van der Waals surface area contributed by atoms with E-state index in [9.17, 15) is 29.4 Å². The Morgan fingerprint density at radius 2 is 1.56 bits per heavy atom. The van der Waals surface area contributed by atoms with E-state index in [1.807, 2.05) is 35.3 Å². The number of nitrogens with two attached hydrogens (primary N) is 1. The molecule has 78 heavy (non-hydrogen) atoms. The quantitative estimate of drug-likeness (QED) is 0.0210. The highest BCUT2D eigenvalue weighted by atomic mass is 16.5. The smallest absolute Gasteiger partial charge is 0.326 e. The number of aryl methyl sites for hydroxylation is 2. The molecule has 0 fully saturated rings. The lowest BCUT2D eigenvalue weighted by Gasteiger charge is -2.16. The molecular weight excluding hydrogens is 991 g/mol. The summed E-state index contributed by atoms with van der Waals surface area (Å²) in [4.78, 5) is 73.4. The summed E-state index contributed by atoms with van der Waals surface area (Å²) in [5.41, 5.74) is 14.7. The van der Waals surface area contributed by atoms with Crippen LogP contribution in [0.5, 0.6) is 0 Å². The van der Waals surface area contributed by atoms with Crippen molar-refractivity contribution in [2.75, 3.05) is 30.8 Å². The van der Waals surface area contributed by atoms with Gasteiger partial charge in [-0.15, -0.1) is 0 Å². The minimum Gasteiger partial charge on any atom is -0.480 e. The number of aliphatic hydroxyl groups is 1. The van der Waals surface area contributed by atoms with Gasteiger partial charge in [0.2, 0.25) is 11.9 Å². The van der Waals surface area contributed by atoms with E-state index >= 15 is 0 Å². The number of rotatable bonds is 30. The van der Waals surface area contributed by atoms with Crippen molar-refractivity contribution in [3.8, 4) is 11.1 Å². The highest BCUT2D eigenvalue weighted by Gasteiger charge is 2.23. The van der Waals surface area contributed by atoms with Gasteiger partial charge in [0.1, 0.15) is 18.0 Å². The fourth-order valence-electron chi connectivity index (χ4n) is 9.25. The molecule has 408 valence electrons. The summed E-state index contributed by atoms with van der Waals surface area (Å²) >= 11 is 0. The number of carboxylic acid groups (broad SMARTS) is 1. The molecule has 0 aliphatic heterocycles. The Morgan fingerprint density at radius 1 is 0.821 bits per heavy atom. The molecule has 8 rings (SSSR count). The van der Waals surface area contributed by atoms with E-state index < -0.39 is 29.6 Å². The molecule has 0 saturated heterocycles. The van der Waals surface area contributed by atoms with Crippen LogP contribution < -0.4 is 27.2 Å². The van der Waals surface area contributed by atoms with Gasteiger partial charge in [-0.05, 0) is 104 Å². The summed E-state index contributed by atoms with van der Waals surface area (Å²) in [6.45, 7) is 7.50. The first kappa shape index (κ1) is 55.9. The van der Waals surface area contributed by atoms with Gasteiger partial charge < -0.3 is 41.2 Å². The number of aromatic nitrogens is 9. The molecule has 0 aliphatic rings. The highest BCUT2D eigenvalue weighted by Crippen LogP contribution is 2.31. The van der Waals surface area contributed by atoms with Crippen molar-refractivity contribution < 1.29 is 29.3 Å². The molecule has 0 spiro atoms.